The maximum absolute atomic E-state index is 12.4. The zero-order valence-electron chi connectivity index (χ0n) is 16.2. The van der Waals surface area contributed by atoms with E-state index in [9.17, 15) is 8.42 Å². The summed E-state index contributed by atoms with van der Waals surface area (Å²) >= 11 is 0. The number of hydrogen-bond acceptors (Lipinski definition) is 5. The van der Waals surface area contributed by atoms with Gasteiger partial charge in [-0.2, -0.15) is 0 Å². The fourth-order valence-electron chi connectivity index (χ4n) is 3.25. The first-order chi connectivity index (χ1) is 13.6. The number of nitrogens with one attached hydrogen (secondary N) is 1. The Morgan fingerprint density at radius 1 is 1.14 bits per heavy atom. The van der Waals surface area contributed by atoms with Crippen molar-refractivity contribution < 1.29 is 17.9 Å². The number of ether oxygens (including phenoxy) is 2. The highest BCUT2D eigenvalue weighted by molar-refractivity contribution is 7.89. The van der Waals surface area contributed by atoms with Gasteiger partial charge in [-0.1, -0.05) is 30.3 Å². The molecule has 28 heavy (non-hydrogen) atoms. The smallest absolute Gasteiger partial charge is 0.240 e. The van der Waals surface area contributed by atoms with Crippen LogP contribution in [-0.4, -0.2) is 52.7 Å². The molecule has 1 aliphatic rings. The Morgan fingerprint density at radius 3 is 2.61 bits per heavy atom. The van der Waals surface area contributed by atoms with Gasteiger partial charge in [-0.05, 0) is 49.7 Å². The summed E-state index contributed by atoms with van der Waals surface area (Å²) in [4.78, 5) is 2.58. The van der Waals surface area contributed by atoms with E-state index >= 15 is 0 Å². The number of benzene rings is 2. The molecule has 3 rings (SSSR count). The molecule has 6 nitrogen and oxygen atoms in total. The maximum Gasteiger partial charge on any atom is 0.240 e. The lowest BCUT2D eigenvalue weighted by atomic mass is 10.1. The monoisotopic (exact) mass is 404 g/mol. The summed E-state index contributed by atoms with van der Waals surface area (Å²) in [5.41, 5.74) is 1.18. The fourth-order valence-corrected chi connectivity index (χ4v) is 4.32. The highest BCUT2D eigenvalue weighted by atomic mass is 32.2. The Balaban J connectivity index is 1.44. The topological polar surface area (TPSA) is 67.9 Å². The van der Waals surface area contributed by atoms with E-state index in [0.29, 0.717) is 25.5 Å². The highest BCUT2D eigenvalue weighted by Crippen LogP contribution is 2.22. The third kappa shape index (κ3) is 5.78. The molecule has 2 aromatic carbocycles. The van der Waals surface area contributed by atoms with Gasteiger partial charge in [0, 0.05) is 19.6 Å². The van der Waals surface area contributed by atoms with Crippen molar-refractivity contribution in [1.82, 2.24) is 9.62 Å². The molecule has 7 heteroatoms. The minimum atomic E-state index is -3.50. The predicted octanol–water partition coefficient (Wildman–Crippen LogP) is 2.83. The lowest BCUT2D eigenvalue weighted by Gasteiger charge is -2.33. The minimum absolute atomic E-state index is 0.0792. The summed E-state index contributed by atoms with van der Waals surface area (Å²) in [6.07, 6.45) is 0.827. The minimum Gasteiger partial charge on any atom is -0.494 e. The van der Waals surface area contributed by atoms with Crippen LogP contribution in [0.4, 0.5) is 0 Å². The molecular weight excluding hydrogens is 376 g/mol. The second-order valence-corrected chi connectivity index (χ2v) is 8.49. The van der Waals surface area contributed by atoms with Crippen LogP contribution in [0.2, 0.25) is 0 Å². The standard InChI is InChI=1S/C21H28N2O4S/c1-2-26-19-9-11-20(12-10-19)28(24,25)22-13-6-14-23-15-16-27-21(17-23)18-7-4-3-5-8-18/h3-5,7-12,21-22H,2,6,13-17H2,1H3/t21-/m1/s1. The number of hydrogen-bond donors (Lipinski definition) is 1. The largest absolute Gasteiger partial charge is 0.494 e. The van der Waals surface area contributed by atoms with Crippen LogP contribution >= 0.6 is 0 Å². The van der Waals surface area contributed by atoms with Gasteiger partial charge in [-0.15, -0.1) is 0 Å². The van der Waals surface area contributed by atoms with E-state index in [-0.39, 0.29) is 11.0 Å². The van der Waals surface area contributed by atoms with Crippen LogP contribution in [0.1, 0.15) is 25.0 Å². The van der Waals surface area contributed by atoms with E-state index in [1.165, 1.54) is 5.56 Å². The molecule has 0 aromatic heterocycles. The van der Waals surface area contributed by atoms with Gasteiger partial charge < -0.3 is 9.47 Å². The van der Waals surface area contributed by atoms with Crippen molar-refractivity contribution in [2.24, 2.45) is 0 Å². The normalized spacial score (nSPS) is 18.1. The molecule has 1 aliphatic heterocycles. The first kappa shape index (κ1) is 20.8. The van der Waals surface area contributed by atoms with Crippen LogP contribution in [0.5, 0.6) is 5.75 Å². The average Bonchev–Trinajstić information content (AvgIpc) is 2.73. The van der Waals surface area contributed by atoms with E-state index < -0.39 is 10.0 Å². The molecule has 1 N–H and O–H groups in total. The van der Waals surface area contributed by atoms with Crippen molar-refractivity contribution in [3.8, 4) is 5.75 Å². The van der Waals surface area contributed by atoms with Crippen molar-refractivity contribution in [3.05, 3.63) is 60.2 Å². The van der Waals surface area contributed by atoms with E-state index in [2.05, 4.69) is 21.8 Å². The SMILES string of the molecule is CCOc1ccc(S(=O)(=O)NCCCN2CCO[C@@H](c3ccccc3)C2)cc1. The Kier molecular flexibility index (Phi) is 7.44. The van der Waals surface area contributed by atoms with Crippen molar-refractivity contribution in [3.63, 3.8) is 0 Å². The van der Waals surface area contributed by atoms with Crippen molar-refractivity contribution in [2.75, 3.05) is 39.4 Å². The summed E-state index contributed by atoms with van der Waals surface area (Å²) in [7, 11) is -3.50. The molecule has 0 aliphatic carbocycles. The second-order valence-electron chi connectivity index (χ2n) is 6.73. The number of sulfonamides is 1. The van der Waals surface area contributed by atoms with Crippen LogP contribution in [0, 0.1) is 0 Å². The summed E-state index contributed by atoms with van der Waals surface area (Å²) in [6, 6.07) is 16.7. The van der Waals surface area contributed by atoms with Gasteiger partial charge in [0.05, 0.1) is 24.2 Å². The van der Waals surface area contributed by atoms with Crippen molar-refractivity contribution >= 4 is 10.0 Å². The van der Waals surface area contributed by atoms with Gasteiger partial charge in [-0.25, -0.2) is 13.1 Å². The molecule has 0 bridgehead atoms. The number of nitrogens with zero attached hydrogens (tertiary/aromatic N) is 1. The number of rotatable bonds is 9. The molecule has 1 atom stereocenters. The van der Waals surface area contributed by atoms with E-state index in [1.807, 2.05) is 25.1 Å². The van der Waals surface area contributed by atoms with Gasteiger partial charge in [0.15, 0.2) is 0 Å². The summed E-state index contributed by atoms with van der Waals surface area (Å²) in [6.45, 7) is 6.07. The average molecular weight is 405 g/mol. The maximum atomic E-state index is 12.4. The van der Waals surface area contributed by atoms with Crippen LogP contribution in [0.25, 0.3) is 0 Å². The summed E-state index contributed by atoms with van der Waals surface area (Å²) < 4.78 is 38.7. The van der Waals surface area contributed by atoms with E-state index in [1.54, 1.807) is 24.3 Å². The molecule has 2 aromatic rings. The molecule has 0 unspecified atom stereocenters. The molecule has 0 amide bonds. The lowest BCUT2D eigenvalue weighted by molar-refractivity contribution is -0.0300. The second kappa shape index (κ2) is 10.0. The molecular formula is C21H28N2O4S. The Morgan fingerprint density at radius 2 is 1.89 bits per heavy atom. The molecule has 152 valence electrons. The molecule has 0 radical (unpaired) electrons. The molecule has 1 heterocycles. The Labute approximate surface area is 167 Å². The molecule has 1 fully saturated rings. The zero-order chi connectivity index (χ0) is 19.8. The molecule has 0 spiro atoms. The third-order valence-electron chi connectivity index (χ3n) is 4.71. The van der Waals surface area contributed by atoms with Gasteiger partial charge in [0.2, 0.25) is 10.0 Å². The fraction of sp³-hybridized carbons (Fsp3) is 0.429. The van der Waals surface area contributed by atoms with Gasteiger partial charge in [0.25, 0.3) is 0 Å². The number of morpholine rings is 1. The predicted molar refractivity (Wildman–Crippen MR) is 109 cm³/mol. The van der Waals surface area contributed by atoms with Gasteiger partial charge >= 0.3 is 0 Å². The quantitative estimate of drug-likeness (QED) is 0.651. The van der Waals surface area contributed by atoms with Crippen molar-refractivity contribution in [1.29, 1.82) is 0 Å². The molecule has 1 saturated heterocycles. The summed E-state index contributed by atoms with van der Waals surface area (Å²) in [5.74, 6) is 0.668. The molecule has 0 saturated carbocycles. The van der Waals surface area contributed by atoms with Crippen LogP contribution in [-0.2, 0) is 14.8 Å². The first-order valence-electron chi connectivity index (χ1n) is 9.70. The van der Waals surface area contributed by atoms with E-state index in [4.69, 9.17) is 9.47 Å². The van der Waals surface area contributed by atoms with Crippen LogP contribution < -0.4 is 9.46 Å². The lowest BCUT2D eigenvalue weighted by Crippen LogP contribution is -2.39. The first-order valence-corrected chi connectivity index (χ1v) is 11.2. The van der Waals surface area contributed by atoms with E-state index in [0.717, 1.165) is 26.1 Å². The van der Waals surface area contributed by atoms with Gasteiger partial charge in [-0.3, -0.25) is 4.90 Å². The Hall–Kier alpha value is -1.93. The van der Waals surface area contributed by atoms with Gasteiger partial charge in [0.1, 0.15) is 5.75 Å². The van der Waals surface area contributed by atoms with Crippen LogP contribution in [0.15, 0.2) is 59.5 Å². The van der Waals surface area contributed by atoms with Crippen molar-refractivity contribution in [2.45, 2.75) is 24.3 Å². The highest BCUT2D eigenvalue weighted by Gasteiger charge is 2.21. The zero-order valence-corrected chi connectivity index (χ0v) is 17.0. The summed E-state index contributed by atoms with van der Waals surface area (Å²) in [5, 5.41) is 0. The third-order valence-corrected chi connectivity index (χ3v) is 6.19. The van der Waals surface area contributed by atoms with Crippen LogP contribution in [0.3, 0.4) is 0 Å². The Bertz CT molecular complexity index is 825.